The minimum atomic E-state index is -1.79. The molecule has 21 nitrogen and oxygen atoms in total. The van der Waals surface area contributed by atoms with Crippen molar-refractivity contribution in [2.24, 2.45) is 51.2 Å². The molecule has 4 unspecified atom stereocenters. The monoisotopic (exact) mass is 1070 g/mol. The van der Waals surface area contributed by atoms with Gasteiger partial charge in [0.1, 0.15) is 73.2 Å². The summed E-state index contributed by atoms with van der Waals surface area (Å²) in [5.74, 6) is -0.352. The highest BCUT2D eigenvalue weighted by Gasteiger charge is 2.66. The fourth-order valence-corrected chi connectivity index (χ4v) is 15.4. The summed E-state index contributed by atoms with van der Waals surface area (Å²) in [6.45, 7) is 16.4. The van der Waals surface area contributed by atoms with Gasteiger partial charge in [0.25, 0.3) is 0 Å². The second kappa shape index (κ2) is 22.2. The molecule has 0 amide bonds. The number of fused-ring (bicyclic) bond motifs is 5. The minimum Gasteiger partial charge on any atom is -0.394 e. The molecule has 8 rings (SSSR count). The molecule has 2 saturated carbocycles. The summed E-state index contributed by atoms with van der Waals surface area (Å²) in [5, 5.41) is 150. The van der Waals surface area contributed by atoms with E-state index in [0.29, 0.717) is 25.2 Å². The lowest BCUT2D eigenvalue weighted by atomic mass is 9.41. The van der Waals surface area contributed by atoms with E-state index < -0.39 is 165 Å². The summed E-state index contributed by atoms with van der Waals surface area (Å²) >= 11 is 0. The molecule has 4 aliphatic carbocycles. The Labute approximate surface area is 440 Å². The van der Waals surface area contributed by atoms with E-state index in [4.69, 9.17) is 33.2 Å². The highest BCUT2D eigenvalue weighted by Crippen LogP contribution is 2.73. The van der Waals surface area contributed by atoms with Crippen LogP contribution in [0.5, 0.6) is 0 Å². The molecule has 21 heteroatoms. The standard InChI is InChI=1S/C54H90O21/c1-23(10-14-33(51(5,6)68)74-49-46(41(64)35(58)24(2)69-49)75-48-44(67)40(63)37(60)30(22-57)72-48)25-16-17-54(9)31-13-11-26-27(52(31,7)18-19-53(25,54)8)12-15-32(50(26,3)4)73-47-43(66)38(61)34(28(20-55)71-47)45-42(65)39(62)36(59)29(21-56)70-45/h11,18-19,23-25,27-49,55-68H,10,12-17,20-22H2,1-9H3/t23-,24-,25?,27?,28-,29-,30+,31?,32+,33-,34?,35-,36-,37+,38+,39+,40-,41+,42-,43-,44+,45+,46-,47+,48-,49+,52+,53-,54+/m1/s1. The topological polar surface area (TPSA) is 348 Å². The maximum absolute atomic E-state index is 11.6. The van der Waals surface area contributed by atoms with E-state index in [1.165, 1.54) is 5.57 Å². The summed E-state index contributed by atoms with van der Waals surface area (Å²) in [4.78, 5) is 0. The van der Waals surface area contributed by atoms with E-state index >= 15 is 0 Å². The number of aliphatic hydroxyl groups is 14. The van der Waals surface area contributed by atoms with Gasteiger partial charge in [0.15, 0.2) is 18.9 Å². The largest absolute Gasteiger partial charge is 0.394 e. The zero-order valence-electron chi connectivity index (χ0n) is 44.9. The van der Waals surface area contributed by atoms with Gasteiger partial charge in [-0.1, -0.05) is 65.3 Å². The Morgan fingerprint density at radius 3 is 1.85 bits per heavy atom. The van der Waals surface area contributed by atoms with E-state index in [1.807, 2.05) is 0 Å². The molecular formula is C54H90O21. The second-order valence-electron chi connectivity index (χ2n) is 25.4. The number of rotatable bonds is 15. The smallest absolute Gasteiger partial charge is 0.187 e. The fraction of sp³-hybridized carbons (Fsp3) is 0.926. The molecular weight excluding hydrogens is 985 g/mol. The molecule has 14 N–H and O–H groups in total. The molecule has 4 aliphatic heterocycles. The minimum absolute atomic E-state index is 0.0912. The van der Waals surface area contributed by atoms with Crippen molar-refractivity contribution in [2.75, 3.05) is 19.8 Å². The summed E-state index contributed by atoms with van der Waals surface area (Å²) in [7, 11) is 0. The van der Waals surface area contributed by atoms with Crippen molar-refractivity contribution in [3.8, 4) is 0 Å². The van der Waals surface area contributed by atoms with E-state index in [2.05, 4.69) is 59.8 Å². The highest BCUT2D eigenvalue weighted by atomic mass is 16.8. The van der Waals surface area contributed by atoms with Crippen molar-refractivity contribution in [2.45, 2.75) is 242 Å². The molecule has 0 spiro atoms. The normalized spacial score (nSPS) is 51.8. The molecule has 0 aromatic carbocycles. The van der Waals surface area contributed by atoms with Gasteiger partial charge in [0.05, 0.1) is 62.0 Å². The second-order valence-corrected chi connectivity index (χ2v) is 25.4. The van der Waals surface area contributed by atoms with Gasteiger partial charge in [0.2, 0.25) is 0 Å². The first-order chi connectivity index (χ1) is 35.0. The number of ether oxygens (including phenoxy) is 7. The molecule has 432 valence electrons. The van der Waals surface area contributed by atoms with Crippen LogP contribution in [-0.2, 0) is 33.2 Å². The Morgan fingerprint density at radius 2 is 1.23 bits per heavy atom. The van der Waals surface area contributed by atoms with E-state index in [0.717, 1.165) is 25.7 Å². The summed E-state index contributed by atoms with van der Waals surface area (Å²) in [5.41, 5.74) is -1.21. The Morgan fingerprint density at radius 1 is 0.640 bits per heavy atom. The number of allylic oxidation sites excluding steroid dienone is 3. The molecule has 0 aromatic rings. The Bertz CT molecular complexity index is 2000. The van der Waals surface area contributed by atoms with Gasteiger partial charge in [-0.25, -0.2) is 0 Å². The average Bonchev–Trinajstić information content (AvgIpc) is 3.67. The van der Waals surface area contributed by atoms with Gasteiger partial charge < -0.3 is 105 Å². The maximum atomic E-state index is 11.6. The van der Waals surface area contributed by atoms with Gasteiger partial charge in [-0.3, -0.25) is 0 Å². The Balaban J connectivity index is 0.937. The first kappa shape index (κ1) is 59.8. The predicted molar refractivity (Wildman–Crippen MR) is 263 cm³/mol. The van der Waals surface area contributed by atoms with Gasteiger partial charge in [-0.15, -0.1) is 0 Å². The first-order valence-electron chi connectivity index (χ1n) is 27.4. The van der Waals surface area contributed by atoms with Crippen molar-refractivity contribution in [1.82, 2.24) is 0 Å². The summed E-state index contributed by atoms with van der Waals surface area (Å²) in [6.07, 6.45) is -17.3. The molecule has 6 fully saturated rings. The van der Waals surface area contributed by atoms with E-state index in [1.54, 1.807) is 20.8 Å². The third kappa shape index (κ3) is 10.3. The van der Waals surface area contributed by atoms with Gasteiger partial charge >= 0.3 is 0 Å². The van der Waals surface area contributed by atoms with Crippen molar-refractivity contribution < 1.29 is 105 Å². The number of aliphatic hydroxyl groups excluding tert-OH is 13. The Kier molecular flexibility index (Phi) is 17.7. The van der Waals surface area contributed by atoms with Crippen LogP contribution in [0.2, 0.25) is 0 Å². The first-order valence-corrected chi connectivity index (χ1v) is 27.4. The predicted octanol–water partition coefficient (Wildman–Crippen LogP) is -1.13. The van der Waals surface area contributed by atoms with Crippen LogP contribution in [0.4, 0.5) is 0 Å². The van der Waals surface area contributed by atoms with Crippen molar-refractivity contribution in [3.05, 3.63) is 23.8 Å². The maximum Gasteiger partial charge on any atom is 0.187 e. The third-order valence-corrected chi connectivity index (χ3v) is 20.4. The van der Waals surface area contributed by atoms with Crippen LogP contribution in [0.1, 0.15) is 107 Å². The van der Waals surface area contributed by atoms with Crippen molar-refractivity contribution in [1.29, 1.82) is 0 Å². The van der Waals surface area contributed by atoms with Gasteiger partial charge in [-0.05, 0) is 106 Å². The molecule has 0 aromatic heterocycles. The lowest BCUT2D eigenvalue weighted by molar-refractivity contribution is -0.373. The fourth-order valence-electron chi connectivity index (χ4n) is 15.4. The van der Waals surface area contributed by atoms with Crippen LogP contribution in [0, 0.1) is 51.2 Å². The van der Waals surface area contributed by atoms with Crippen LogP contribution in [0.3, 0.4) is 0 Å². The molecule has 75 heavy (non-hydrogen) atoms. The zero-order valence-corrected chi connectivity index (χ0v) is 44.9. The summed E-state index contributed by atoms with van der Waals surface area (Å²) < 4.78 is 42.5. The van der Waals surface area contributed by atoms with Gasteiger partial charge in [0, 0.05) is 11.3 Å². The average molecular weight is 1080 g/mol. The van der Waals surface area contributed by atoms with E-state index in [9.17, 15) is 71.5 Å². The molecule has 4 saturated heterocycles. The zero-order chi connectivity index (χ0) is 55.2. The highest BCUT2D eigenvalue weighted by molar-refractivity contribution is 5.35. The molecule has 0 bridgehead atoms. The molecule has 4 heterocycles. The van der Waals surface area contributed by atoms with Crippen LogP contribution < -0.4 is 0 Å². The van der Waals surface area contributed by atoms with Gasteiger partial charge in [-0.2, -0.15) is 0 Å². The van der Waals surface area contributed by atoms with Crippen LogP contribution in [0.15, 0.2) is 23.8 Å². The molecule has 29 atom stereocenters. The van der Waals surface area contributed by atoms with Crippen LogP contribution >= 0.6 is 0 Å². The third-order valence-electron chi connectivity index (χ3n) is 20.4. The quantitative estimate of drug-likeness (QED) is 0.0864. The number of hydrogen-bond acceptors (Lipinski definition) is 21. The lowest BCUT2D eigenvalue weighted by Gasteiger charge is -2.63. The van der Waals surface area contributed by atoms with Crippen LogP contribution in [0.25, 0.3) is 0 Å². The van der Waals surface area contributed by atoms with Crippen LogP contribution in [-0.4, -0.2) is 226 Å². The van der Waals surface area contributed by atoms with Crippen molar-refractivity contribution in [3.63, 3.8) is 0 Å². The Hall–Kier alpha value is -1.36. The van der Waals surface area contributed by atoms with E-state index in [-0.39, 0.29) is 34.0 Å². The molecule has 0 radical (unpaired) electrons. The summed E-state index contributed by atoms with van der Waals surface area (Å²) in [6, 6.07) is 0. The molecule has 8 aliphatic rings. The SMILES string of the molecule is C[C@H](CC[C@@H](O[C@@H]1O[C@H](C)[C@@H](O)[C@H](O)[C@H]1O[C@H]1O[C@@H](CO)[C@H](O)[C@@H](O)[C@@H]1O)C(C)(C)O)C1CC[C@@]2(C)C3CC=C4C(CC[C@H](O[C@@H]5O[C@H](CO)C([C@@H]6O[C@H](CO)[C@@H](O)[C@H](O)[C@H]6O)[C@H](O)[C@H]5O)C4(C)C)[C@]3(C)C=C[C@]12C. The van der Waals surface area contributed by atoms with Crippen molar-refractivity contribution >= 4 is 0 Å². The lowest BCUT2D eigenvalue weighted by Crippen LogP contribution is -2.67. The number of hydrogen-bond donors (Lipinski definition) is 14.